The van der Waals surface area contributed by atoms with E-state index < -0.39 is 10.0 Å². The molecule has 0 bridgehead atoms. The summed E-state index contributed by atoms with van der Waals surface area (Å²) in [7, 11) is -1.73. The summed E-state index contributed by atoms with van der Waals surface area (Å²) in [5, 5.41) is 2.62. The second-order valence-electron chi connectivity index (χ2n) is 5.52. The van der Waals surface area contributed by atoms with Gasteiger partial charge in [-0.1, -0.05) is 0 Å². The maximum atomic E-state index is 12.0. The minimum Gasteiger partial charge on any atom is -0.359 e. The molecule has 0 radical (unpaired) electrons. The Kier molecular flexibility index (Phi) is 5.49. The number of amides is 1. The Bertz CT molecular complexity index is 606. The Labute approximate surface area is 131 Å². The molecule has 2 heterocycles. The molecular formula is C14H22N4O3S. The molecule has 7 nitrogen and oxygen atoms in total. The zero-order valence-electron chi connectivity index (χ0n) is 12.9. The third-order valence-electron chi connectivity index (χ3n) is 3.81. The molecule has 0 aliphatic carbocycles. The predicted molar refractivity (Wildman–Crippen MR) is 83.5 cm³/mol. The van der Waals surface area contributed by atoms with Gasteiger partial charge in [0, 0.05) is 52.2 Å². The van der Waals surface area contributed by atoms with Crippen LogP contribution in [-0.4, -0.2) is 68.0 Å². The van der Waals surface area contributed by atoms with Crippen molar-refractivity contribution in [1.29, 1.82) is 0 Å². The summed E-state index contributed by atoms with van der Waals surface area (Å²) in [4.78, 5) is 18.1. The molecule has 8 heteroatoms. The second-order valence-corrected chi connectivity index (χ2v) is 7.51. The van der Waals surface area contributed by atoms with E-state index in [0.29, 0.717) is 26.2 Å². The molecule has 0 aromatic carbocycles. The van der Waals surface area contributed by atoms with E-state index in [0.717, 1.165) is 5.56 Å². The van der Waals surface area contributed by atoms with Gasteiger partial charge in [-0.2, -0.15) is 0 Å². The molecule has 1 atom stereocenters. The lowest BCUT2D eigenvalue weighted by Crippen LogP contribution is -2.41. The number of carbonyl (C=O) groups excluding carboxylic acids is 1. The van der Waals surface area contributed by atoms with E-state index >= 15 is 0 Å². The van der Waals surface area contributed by atoms with E-state index in [9.17, 15) is 13.2 Å². The van der Waals surface area contributed by atoms with Gasteiger partial charge in [0.2, 0.25) is 15.9 Å². The summed E-state index contributed by atoms with van der Waals surface area (Å²) in [6.45, 7) is 2.44. The third-order valence-corrected chi connectivity index (χ3v) is 5.08. The van der Waals surface area contributed by atoms with Crippen molar-refractivity contribution in [3.63, 3.8) is 0 Å². The highest BCUT2D eigenvalue weighted by atomic mass is 32.2. The number of nitrogens with zero attached hydrogens (tertiary/aromatic N) is 3. The summed E-state index contributed by atoms with van der Waals surface area (Å²) in [5.74, 6) is -0.501. The van der Waals surface area contributed by atoms with E-state index in [4.69, 9.17) is 0 Å². The topological polar surface area (TPSA) is 82.6 Å². The van der Waals surface area contributed by atoms with Crippen LogP contribution in [0.2, 0.25) is 0 Å². The molecule has 22 heavy (non-hydrogen) atoms. The summed E-state index contributed by atoms with van der Waals surface area (Å²) in [6, 6.07) is 3.85. The van der Waals surface area contributed by atoms with E-state index in [1.807, 2.05) is 12.1 Å². The maximum absolute atomic E-state index is 12.0. The lowest BCUT2D eigenvalue weighted by molar-refractivity contribution is -0.125. The van der Waals surface area contributed by atoms with Crippen LogP contribution in [0.15, 0.2) is 24.5 Å². The molecule has 1 aliphatic rings. The number of hydrogen-bond acceptors (Lipinski definition) is 5. The average molecular weight is 326 g/mol. The Hall–Kier alpha value is -1.51. The molecular weight excluding hydrogens is 304 g/mol. The molecule has 1 fully saturated rings. The monoisotopic (exact) mass is 326 g/mol. The van der Waals surface area contributed by atoms with Crippen molar-refractivity contribution in [3.8, 4) is 0 Å². The largest absolute Gasteiger partial charge is 0.359 e. The molecule has 1 N–H and O–H groups in total. The van der Waals surface area contributed by atoms with Gasteiger partial charge in [-0.15, -0.1) is 0 Å². The van der Waals surface area contributed by atoms with E-state index in [-0.39, 0.29) is 18.4 Å². The van der Waals surface area contributed by atoms with Crippen LogP contribution in [0.3, 0.4) is 0 Å². The number of hydrogen-bond donors (Lipinski definition) is 1. The number of nitrogens with one attached hydrogen (secondary N) is 1. The first kappa shape index (κ1) is 16.9. The van der Waals surface area contributed by atoms with Gasteiger partial charge in [-0.3, -0.25) is 14.7 Å². The first-order chi connectivity index (χ1) is 10.4. The van der Waals surface area contributed by atoms with Gasteiger partial charge >= 0.3 is 0 Å². The van der Waals surface area contributed by atoms with Crippen molar-refractivity contribution >= 4 is 15.9 Å². The van der Waals surface area contributed by atoms with E-state index in [1.54, 1.807) is 19.4 Å². The lowest BCUT2D eigenvalue weighted by atomic mass is 10.1. The molecule has 2 rings (SSSR count). The fraction of sp³-hybridized carbons (Fsp3) is 0.571. The minimum absolute atomic E-state index is 0.129. The molecule has 0 unspecified atom stereocenters. The fourth-order valence-electron chi connectivity index (χ4n) is 2.61. The zero-order valence-corrected chi connectivity index (χ0v) is 13.7. The second kappa shape index (κ2) is 7.17. The quantitative estimate of drug-likeness (QED) is 0.808. The fourth-order valence-corrected chi connectivity index (χ4v) is 3.48. The molecule has 122 valence electrons. The van der Waals surface area contributed by atoms with Gasteiger partial charge in [0.1, 0.15) is 0 Å². The van der Waals surface area contributed by atoms with E-state index in [2.05, 4.69) is 15.2 Å². The normalized spacial score (nSPS) is 21.3. The molecule has 1 saturated heterocycles. The van der Waals surface area contributed by atoms with Gasteiger partial charge in [-0.25, -0.2) is 12.7 Å². The Morgan fingerprint density at radius 1 is 1.32 bits per heavy atom. The highest BCUT2D eigenvalue weighted by molar-refractivity contribution is 7.88. The van der Waals surface area contributed by atoms with Crippen LogP contribution in [0, 0.1) is 5.92 Å². The van der Waals surface area contributed by atoms with Crippen LogP contribution in [0.1, 0.15) is 5.56 Å². The van der Waals surface area contributed by atoms with Gasteiger partial charge in [0.15, 0.2) is 0 Å². The maximum Gasteiger partial charge on any atom is 0.225 e. The molecule has 1 aromatic rings. The van der Waals surface area contributed by atoms with Crippen LogP contribution < -0.4 is 5.32 Å². The van der Waals surface area contributed by atoms with Crippen LogP contribution in [-0.2, 0) is 21.4 Å². The minimum atomic E-state index is -3.30. The standard InChI is InChI=1S/C14H22N4O3S/c1-15-14(19)13-10-17(9-12-3-5-16-6-4-12)7-8-18(11-13)22(2,20)21/h3-6,13H,7-11H2,1-2H3,(H,15,19)/t13-/m1/s1. The van der Waals surface area contributed by atoms with Gasteiger partial charge in [0.05, 0.1) is 12.2 Å². The third kappa shape index (κ3) is 4.49. The Morgan fingerprint density at radius 2 is 2.00 bits per heavy atom. The predicted octanol–water partition coefficient (Wildman–Crippen LogP) is -0.479. The van der Waals surface area contributed by atoms with Crippen LogP contribution in [0.5, 0.6) is 0 Å². The van der Waals surface area contributed by atoms with Crippen LogP contribution in [0.4, 0.5) is 0 Å². The van der Waals surface area contributed by atoms with Crippen LogP contribution in [0.25, 0.3) is 0 Å². The first-order valence-electron chi connectivity index (χ1n) is 7.18. The van der Waals surface area contributed by atoms with E-state index in [1.165, 1.54) is 10.6 Å². The van der Waals surface area contributed by atoms with Crippen LogP contribution >= 0.6 is 0 Å². The van der Waals surface area contributed by atoms with Crippen molar-refractivity contribution in [1.82, 2.24) is 19.5 Å². The highest BCUT2D eigenvalue weighted by Crippen LogP contribution is 2.15. The first-order valence-corrected chi connectivity index (χ1v) is 9.03. The molecule has 0 saturated carbocycles. The average Bonchev–Trinajstić information content (AvgIpc) is 2.70. The molecule has 1 aliphatic heterocycles. The summed E-state index contributed by atoms with van der Waals surface area (Å²) in [6.07, 6.45) is 4.64. The smallest absolute Gasteiger partial charge is 0.225 e. The number of rotatable bonds is 4. The Morgan fingerprint density at radius 3 is 2.59 bits per heavy atom. The molecule has 0 spiro atoms. The van der Waals surface area contributed by atoms with Gasteiger partial charge in [-0.05, 0) is 17.7 Å². The number of aromatic nitrogens is 1. The van der Waals surface area contributed by atoms with Crippen molar-refractivity contribution in [2.24, 2.45) is 5.92 Å². The van der Waals surface area contributed by atoms with Crippen molar-refractivity contribution in [2.75, 3.05) is 39.5 Å². The Balaban J connectivity index is 2.14. The highest BCUT2D eigenvalue weighted by Gasteiger charge is 2.31. The number of carbonyl (C=O) groups is 1. The van der Waals surface area contributed by atoms with Crippen molar-refractivity contribution < 1.29 is 13.2 Å². The molecule has 1 amide bonds. The summed E-state index contributed by atoms with van der Waals surface area (Å²) < 4.78 is 25.0. The van der Waals surface area contributed by atoms with Crippen molar-refractivity contribution in [2.45, 2.75) is 6.54 Å². The van der Waals surface area contributed by atoms with Gasteiger partial charge < -0.3 is 5.32 Å². The van der Waals surface area contributed by atoms with Crippen molar-refractivity contribution in [3.05, 3.63) is 30.1 Å². The number of pyridine rings is 1. The summed E-state index contributed by atoms with van der Waals surface area (Å²) in [5.41, 5.74) is 1.10. The zero-order chi connectivity index (χ0) is 16.2. The SMILES string of the molecule is CNC(=O)[C@@H]1CN(Cc2ccncc2)CCN(S(C)(=O)=O)C1. The molecule has 1 aromatic heterocycles. The number of sulfonamides is 1. The van der Waals surface area contributed by atoms with Gasteiger partial charge in [0.25, 0.3) is 0 Å². The summed E-state index contributed by atoms with van der Waals surface area (Å²) >= 11 is 0. The lowest BCUT2D eigenvalue weighted by Gasteiger charge is -2.22.